The highest BCUT2D eigenvalue weighted by Crippen LogP contribution is 2.54. The number of aliphatic hydroxyl groups excluding tert-OH is 2. The number of fused-ring (bicyclic) bond motifs is 4. The number of aromatic nitrogens is 8. The van der Waals surface area contributed by atoms with Gasteiger partial charge in [-0.05, 0) is 23.6 Å². The molecule has 3 aliphatic rings. The van der Waals surface area contributed by atoms with Gasteiger partial charge in [0.25, 0.3) is 0 Å². The quantitative estimate of drug-likeness (QED) is 0.132. The standard InChI is InChI=1S/C20H24N10O10P2S2/c21-15-9-17(25-3-23-15)29(5-27-9)19-11(31)13-7(37-19)1-35-41(33,43)40-14-8(2-36-42(34,44)39-13)38-20(12(14)32)30-6-28-10-16(22)24-4-26-18(10)30/h3-8,11-14,19-20,31-32H,1-2H2,(H,33,43)(H,34,44)(H2,21,23,25)(H2,22,24,26)/t7-,8-,11?,12?,13?,14?,19-,20-,41?,42?/m1/s1. The summed E-state index contributed by atoms with van der Waals surface area (Å²) in [5, 5.41) is 22.5. The van der Waals surface area contributed by atoms with Crippen LogP contribution in [0.15, 0.2) is 25.3 Å². The zero-order valence-corrected chi connectivity index (χ0v) is 25.4. The first-order chi connectivity index (χ1) is 20.9. The number of nitrogens with zero attached hydrogens (tertiary/aromatic N) is 8. The van der Waals surface area contributed by atoms with Crippen molar-refractivity contribution < 1.29 is 47.6 Å². The molecular weight excluding hydrogens is 666 g/mol. The third kappa shape index (κ3) is 5.29. The van der Waals surface area contributed by atoms with Crippen LogP contribution in [-0.4, -0.2) is 109 Å². The van der Waals surface area contributed by atoms with E-state index in [0.29, 0.717) is 0 Å². The number of anilines is 2. The van der Waals surface area contributed by atoms with Crippen molar-refractivity contribution in [2.75, 3.05) is 24.7 Å². The molecule has 0 bridgehead atoms. The molecule has 20 nitrogen and oxygen atoms in total. The maximum absolute atomic E-state index is 11.3. The van der Waals surface area contributed by atoms with Gasteiger partial charge in [0.15, 0.2) is 35.4 Å². The van der Waals surface area contributed by atoms with E-state index in [0.717, 1.165) is 0 Å². The van der Waals surface area contributed by atoms with Gasteiger partial charge >= 0.3 is 13.4 Å². The fourth-order valence-electron chi connectivity index (χ4n) is 5.24. The summed E-state index contributed by atoms with van der Waals surface area (Å²) < 4.78 is 37.4. The van der Waals surface area contributed by atoms with Crippen molar-refractivity contribution >= 4 is 71.0 Å². The third-order valence-corrected chi connectivity index (χ3v) is 10.4. The zero-order chi connectivity index (χ0) is 31.0. The molecule has 0 radical (unpaired) electrons. The lowest BCUT2D eigenvalue weighted by molar-refractivity contribution is -0.0593. The molecule has 0 saturated carbocycles. The number of hydrogen-bond donors (Lipinski definition) is 6. The molecule has 0 spiro atoms. The Morgan fingerprint density at radius 3 is 1.52 bits per heavy atom. The lowest BCUT2D eigenvalue weighted by atomic mass is 10.1. The van der Waals surface area contributed by atoms with Crippen molar-refractivity contribution in [3.8, 4) is 0 Å². The molecule has 0 aliphatic carbocycles. The smallest absolute Gasteiger partial charge is 0.325 e. The second-order valence-electron chi connectivity index (χ2n) is 9.95. The second kappa shape index (κ2) is 11.1. The van der Waals surface area contributed by atoms with Gasteiger partial charge in [-0.15, -0.1) is 0 Å². The van der Waals surface area contributed by atoms with Gasteiger partial charge in [-0.1, -0.05) is 0 Å². The Bertz CT molecular complexity index is 1700. The molecule has 7 heterocycles. The van der Waals surface area contributed by atoms with Gasteiger partial charge in [-0.2, -0.15) is 0 Å². The molecule has 0 amide bonds. The Morgan fingerprint density at radius 2 is 1.11 bits per heavy atom. The summed E-state index contributed by atoms with van der Waals surface area (Å²) >= 11 is 10.5. The molecule has 44 heavy (non-hydrogen) atoms. The number of imidazole rings is 2. The van der Waals surface area contributed by atoms with E-state index in [1.54, 1.807) is 0 Å². The number of hydrogen-bond acceptors (Lipinski definition) is 18. The number of aliphatic hydroxyl groups is 2. The normalized spacial score (nSPS) is 38.3. The largest absolute Gasteiger partial charge is 0.386 e. The molecule has 3 aliphatic heterocycles. The Morgan fingerprint density at radius 1 is 0.705 bits per heavy atom. The first kappa shape index (κ1) is 30.3. The van der Waals surface area contributed by atoms with Crippen molar-refractivity contribution in [2.24, 2.45) is 0 Å². The predicted molar refractivity (Wildman–Crippen MR) is 154 cm³/mol. The van der Waals surface area contributed by atoms with E-state index in [4.69, 9.17) is 62.6 Å². The molecule has 7 rings (SSSR count). The summed E-state index contributed by atoms with van der Waals surface area (Å²) in [5.41, 5.74) is 12.8. The summed E-state index contributed by atoms with van der Waals surface area (Å²) in [6, 6.07) is 0. The molecule has 4 aromatic heterocycles. The molecule has 3 fully saturated rings. The number of rotatable bonds is 2. The van der Waals surface area contributed by atoms with Crippen molar-refractivity contribution in [3.05, 3.63) is 25.3 Å². The molecule has 3 saturated heterocycles. The third-order valence-electron chi connectivity index (χ3n) is 7.26. The van der Waals surface area contributed by atoms with Gasteiger partial charge in [0.2, 0.25) is 0 Å². The molecule has 4 aromatic rings. The fourth-order valence-corrected chi connectivity index (χ4v) is 8.13. The van der Waals surface area contributed by atoms with Gasteiger partial charge in [0.1, 0.15) is 60.3 Å². The van der Waals surface area contributed by atoms with E-state index >= 15 is 0 Å². The van der Waals surface area contributed by atoms with Crippen LogP contribution in [-0.2, 0) is 51.2 Å². The Balaban J connectivity index is 1.17. The van der Waals surface area contributed by atoms with Gasteiger partial charge in [-0.25, -0.2) is 29.9 Å². The number of ether oxygens (including phenoxy) is 2. The maximum Gasteiger partial charge on any atom is 0.325 e. The summed E-state index contributed by atoms with van der Waals surface area (Å²) in [5.74, 6) is 0.223. The first-order valence-corrected chi connectivity index (χ1v) is 17.9. The van der Waals surface area contributed by atoms with Crippen molar-refractivity contribution in [1.82, 2.24) is 39.0 Å². The van der Waals surface area contributed by atoms with E-state index in [1.807, 2.05) is 0 Å². The number of nitrogen functional groups attached to an aromatic ring is 2. The molecule has 6 unspecified atom stereocenters. The van der Waals surface area contributed by atoms with E-state index in [1.165, 1.54) is 34.4 Å². The highest BCUT2D eigenvalue weighted by Gasteiger charge is 2.52. The van der Waals surface area contributed by atoms with E-state index < -0.39 is 75.7 Å². The Labute approximate surface area is 256 Å². The minimum absolute atomic E-state index is 0.112. The SMILES string of the molecule is Nc1ncnc2c1ncn2[C@@H]1O[C@@H]2COP(O)(=S)OC3C(O)[C@H](n4cnc5c(N)ncnc54)O[C@@H]3COP(O)(=S)OC2C1O. The maximum atomic E-state index is 11.3. The van der Waals surface area contributed by atoms with Gasteiger partial charge in [0.05, 0.1) is 25.9 Å². The summed E-state index contributed by atoms with van der Waals surface area (Å²) in [6.45, 7) is -9.20. The minimum Gasteiger partial charge on any atom is -0.386 e. The zero-order valence-electron chi connectivity index (χ0n) is 22.0. The average Bonchev–Trinajstić information content (AvgIpc) is 3.73. The molecule has 10 atom stereocenters. The van der Waals surface area contributed by atoms with Crippen LogP contribution >= 0.6 is 13.4 Å². The van der Waals surface area contributed by atoms with E-state index in [2.05, 4.69) is 29.9 Å². The topological polar surface area (TPSA) is 276 Å². The molecule has 24 heteroatoms. The minimum atomic E-state index is -4.12. The first-order valence-electron chi connectivity index (χ1n) is 12.8. The molecule has 236 valence electrons. The Kier molecular flexibility index (Phi) is 7.66. The monoisotopic (exact) mass is 690 g/mol. The van der Waals surface area contributed by atoms with Gasteiger partial charge in [0, 0.05) is 0 Å². The fraction of sp³-hybridized carbons (Fsp3) is 0.500. The van der Waals surface area contributed by atoms with Crippen LogP contribution in [0, 0.1) is 0 Å². The lowest BCUT2D eigenvalue weighted by Crippen LogP contribution is -2.39. The van der Waals surface area contributed by atoms with Crippen LogP contribution in [0.1, 0.15) is 12.5 Å². The Hall–Kier alpha value is -2.40. The van der Waals surface area contributed by atoms with Crippen LogP contribution in [0.5, 0.6) is 0 Å². The highest BCUT2D eigenvalue weighted by molar-refractivity contribution is 8.07. The summed E-state index contributed by atoms with van der Waals surface area (Å²) in [4.78, 5) is 46.5. The van der Waals surface area contributed by atoms with Gasteiger partial charge in [-0.3, -0.25) is 18.2 Å². The molecule has 8 N–H and O–H groups in total. The molecule has 0 aromatic carbocycles. The average molecular weight is 691 g/mol. The lowest BCUT2D eigenvalue weighted by Gasteiger charge is -2.30. The van der Waals surface area contributed by atoms with Gasteiger partial charge < -0.3 is 50.0 Å². The van der Waals surface area contributed by atoms with Crippen molar-refractivity contribution in [3.63, 3.8) is 0 Å². The van der Waals surface area contributed by atoms with E-state index in [9.17, 15) is 20.0 Å². The van der Waals surface area contributed by atoms with Crippen LogP contribution < -0.4 is 11.5 Å². The summed E-state index contributed by atoms with van der Waals surface area (Å²) in [6.07, 6.45) is -5.13. The summed E-state index contributed by atoms with van der Waals surface area (Å²) in [7, 11) is 0. The highest BCUT2D eigenvalue weighted by atomic mass is 32.5. The molecular formula is C20H24N10O10P2S2. The van der Waals surface area contributed by atoms with E-state index in [-0.39, 0.29) is 34.0 Å². The van der Waals surface area contributed by atoms with Crippen molar-refractivity contribution in [2.45, 2.75) is 49.1 Å². The second-order valence-corrected chi connectivity index (χ2v) is 15.5. The van der Waals surface area contributed by atoms with Crippen LogP contribution in [0.2, 0.25) is 0 Å². The van der Waals surface area contributed by atoms with Crippen LogP contribution in [0.3, 0.4) is 0 Å². The predicted octanol–water partition coefficient (Wildman–Crippen LogP) is -1.40. The number of nitrogens with two attached hydrogens (primary N) is 2. The van der Waals surface area contributed by atoms with Crippen LogP contribution in [0.25, 0.3) is 22.3 Å². The van der Waals surface area contributed by atoms with Crippen LogP contribution in [0.4, 0.5) is 11.6 Å². The van der Waals surface area contributed by atoms with Crippen molar-refractivity contribution in [1.29, 1.82) is 0 Å².